The van der Waals surface area contributed by atoms with E-state index in [1.54, 1.807) is 6.07 Å². The highest BCUT2D eigenvalue weighted by atomic mass is 79.9. The van der Waals surface area contributed by atoms with Gasteiger partial charge in [0.1, 0.15) is 5.75 Å². The molecule has 0 radical (unpaired) electrons. The Labute approximate surface area is 105 Å². The summed E-state index contributed by atoms with van der Waals surface area (Å²) in [6.45, 7) is 6.16. The summed E-state index contributed by atoms with van der Waals surface area (Å²) in [5.41, 5.74) is 6.79. The molecule has 0 amide bonds. The van der Waals surface area contributed by atoms with Crippen molar-refractivity contribution in [3.05, 3.63) is 28.2 Å². The number of hydrogen-bond donors (Lipinski definition) is 2. The van der Waals surface area contributed by atoms with Gasteiger partial charge < -0.3 is 10.8 Å². The molecular formula is C11H17BrClNO. The molecule has 86 valence electrons. The zero-order valence-electron chi connectivity index (χ0n) is 9.12. The minimum Gasteiger partial charge on any atom is -0.506 e. The number of rotatable bonds is 1. The molecule has 1 atom stereocenters. The van der Waals surface area contributed by atoms with Gasteiger partial charge >= 0.3 is 0 Å². The Kier molecular flexibility index (Phi) is 5.10. The largest absolute Gasteiger partial charge is 0.506 e. The third-order valence-electron chi connectivity index (χ3n) is 2.29. The molecule has 1 aromatic carbocycles. The zero-order chi connectivity index (χ0) is 10.9. The molecule has 0 saturated carbocycles. The lowest BCUT2D eigenvalue weighted by Crippen LogP contribution is -2.26. The minimum atomic E-state index is -0.167. The molecule has 0 heterocycles. The number of nitrogens with two attached hydrogens (primary N) is 1. The third kappa shape index (κ3) is 3.37. The lowest BCUT2D eigenvalue weighted by atomic mass is 9.83. The van der Waals surface area contributed by atoms with Crippen LogP contribution in [-0.4, -0.2) is 5.11 Å². The molecule has 0 spiro atoms. The molecule has 0 unspecified atom stereocenters. The van der Waals surface area contributed by atoms with E-state index in [0.29, 0.717) is 4.47 Å². The first kappa shape index (κ1) is 14.8. The van der Waals surface area contributed by atoms with Crippen LogP contribution < -0.4 is 5.73 Å². The fraction of sp³-hybridized carbons (Fsp3) is 0.455. The van der Waals surface area contributed by atoms with E-state index in [9.17, 15) is 5.11 Å². The Balaban J connectivity index is 0.00000196. The normalized spacial score (nSPS) is 13.1. The van der Waals surface area contributed by atoms with Gasteiger partial charge in [-0.15, -0.1) is 12.4 Å². The second-order valence-corrected chi connectivity index (χ2v) is 5.38. The molecular weight excluding hydrogens is 277 g/mol. The topological polar surface area (TPSA) is 46.2 Å². The molecule has 2 nitrogen and oxygen atoms in total. The van der Waals surface area contributed by atoms with Gasteiger partial charge in [-0.2, -0.15) is 0 Å². The van der Waals surface area contributed by atoms with Crippen LogP contribution in [0.4, 0.5) is 0 Å². The highest BCUT2D eigenvalue weighted by Gasteiger charge is 2.25. The van der Waals surface area contributed by atoms with E-state index in [-0.39, 0.29) is 29.6 Å². The first-order valence-electron chi connectivity index (χ1n) is 4.57. The molecule has 15 heavy (non-hydrogen) atoms. The predicted molar refractivity (Wildman–Crippen MR) is 69.4 cm³/mol. The number of aromatic hydroxyl groups is 1. The van der Waals surface area contributed by atoms with E-state index in [1.807, 2.05) is 12.1 Å². The van der Waals surface area contributed by atoms with Gasteiger partial charge in [-0.3, -0.25) is 0 Å². The fourth-order valence-corrected chi connectivity index (χ4v) is 1.63. The van der Waals surface area contributed by atoms with Crippen LogP contribution in [0.25, 0.3) is 0 Å². The number of para-hydroxylation sites is 1. The summed E-state index contributed by atoms with van der Waals surface area (Å²) in [5, 5.41) is 9.80. The van der Waals surface area contributed by atoms with Crippen LogP contribution in [-0.2, 0) is 0 Å². The highest BCUT2D eigenvalue weighted by Crippen LogP contribution is 2.38. The van der Waals surface area contributed by atoms with Gasteiger partial charge in [-0.1, -0.05) is 32.9 Å². The van der Waals surface area contributed by atoms with E-state index in [1.165, 1.54) is 0 Å². The predicted octanol–water partition coefficient (Wildman–Crippen LogP) is 3.62. The van der Waals surface area contributed by atoms with Crippen molar-refractivity contribution in [1.29, 1.82) is 0 Å². The average molecular weight is 295 g/mol. The summed E-state index contributed by atoms with van der Waals surface area (Å²) in [6.07, 6.45) is 0. The van der Waals surface area contributed by atoms with Gasteiger partial charge in [0.05, 0.1) is 4.47 Å². The van der Waals surface area contributed by atoms with Crippen LogP contribution in [0.15, 0.2) is 22.7 Å². The lowest BCUT2D eigenvalue weighted by molar-refractivity contribution is 0.317. The average Bonchev–Trinajstić information content (AvgIpc) is 2.07. The SMILES string of the molecule is CC(C)(C)[C@H](N)c1cccc(Br)c1O.Cl. The van der Waals surface area contributed by atoms with E-state index in [0.717, 1.165) is 5.56 Å². The minimum absolute atomic E-state index is 0. The summed E-state index contributed by atoms with van der Waals surface area (Å²) < 4.78 is 0.690. The van der Waals surface area contributed by atoms with Crippen LogP contribution in [0.2, 0.25) is 0 Å². The Bertz CT molecular complexity index is 336. The maximum absolute atomic E-state index is 9.80. The zero-order valence-corrected chi connectivity index (χ0v) is 11.5. The van der Waals surface area contributed by atoms with Gasteiger partial charge in [-0.25, -0.2) is 0 Å². The van der Waals surface area contributed by atoms with Crippen molar-refractivity contribution in [3.8, 4) is 5.75 Å². The van der Waals surface area contributed by atoms with Crippen molar-refractivity contribution in [2.45, 2.75) is 26.8 Å². The van der Waals surface area contributed by atoms with Crippen LogP contribution in [0.5, 0.6) is 5.75 Å². The van der Waals surface area contributed by atoms with E-state index >= 15 is 0 Å². The maximum Gasteiger partial charge on any atom is 0.134 e. The van der Waals surface area contributed by atoms with Crippen LogP contribution in [0.3, 0.4) is 0 Å². The molecule has 3 N–H and O–H groups in total. The first-order valence-corrected chi connectivity index (χ1v) is 5.36. The first-order chi connectivity index (χ1) is 6.34. The second kappa shape index (κ2) is 5.19. The fourth-order valence-electron chi connectivity index (χ4n) is 1.25. The van der Waals surface area contributed by atoms with E-state index < -0.39 is 0 Å². The molecule has 1 aromatic rings. The second-order valence-electron chi connectivity index (χ2n) is 4.52. The van der Waals surface area contributed by atoms with Crippen LogP contribution in [0.1, 0.15) is 32.4 Å². The summed E-state index contributed by atoms with van der Waals surface area (Å²) in [6, 6.07) is 5.37. The van der Waals surface area contributed by atoms with Crippen molar-refractivity contribution < 1.29 is 5.11 Å². The van der Waals surface area contributed by atoms with Crippen molar-refractivity contribution in [2.75, 3.05) is 0 Å². The third-order valence-corrected chi connectivity index (χ3v) is 2.93. The molecule has 0 bridgehead atoms. The van der Waals surface area contributed by atoms with Crippen molar-refractivity contribution in [3.63, 3.8) is 0 Å². The molecule has 0 fully saturated rings. The molecule has 0 aliphatic rings. The van der Waals surface area contributed by atoms with Crippen molar-refractivity contribution >= 4 is 28.3 Å². The molecule has 4 heteroatoms. The van der Waals surface area contributed by atoms with Crippen molar-refractivity contribution in [2.24, 2.45) is 11.1 Å². The Hall–Kier alpha value is -0.250. The molecule has 1 rings (SSSR count). The van der Waals surface area contributed by atoms with E-state index in [2.05, 4.69) is 36.7 Å². The number of phenols is 1. The van der Waals surface area contributed by atoms with Gasteiger partial charge in [0, 0.05) is 11.6 Å². The molecule has 0 aromatic heterocycles. The standard InChI is InChI=1S/C11H16BrNO.ClH/c1-11(2,3)10(13)7-5-4-6-8(12)9(7)14;/h4-6,10,14H,13H2,1-3H3;1H/t10-;/m1./s1. The Morgan fingerprint density at radius 3 is 2.33 bits per heavy atom. The van der Waals surface area contributed by atoms with Gasteiger partial charge in [0.15, 0.2) is 0 Å². The Morgan fingerprint density at radius 2 is 1.87 bits per heavy atom. The molecule has 0 saturated heterocycles. The van der Waals surface area contributed by atoms with E-state index in [4.69, 9.17) is 5.73 Å². The summed E-state index contributed by atoms with van der Waals surface area (Å²) >= 11 is 3.28. The molecule has 0 aliphatic carbocycles. The van der Waals surface area contributed by atoms with Crippen LogP contribution in [0, 0.1) is 5.41 Å². The number of halogens is 2. The molecule has 0 aliphatic heterocycles. The van der Waals surface area contributed by atoms with Crippen molar-refractivity contribution in [1.82, 2.24) is 0 Å². The summed E-state index contributed by atoms with van der Waals surface area (Å²) in [4.78, 5) is 0. The smallest absolute Gasteiger partial charge is 0.134 e. The quantitative estimate of drug-likeness (QED) is 0.831. The monoisotopic (exact) mass is 293 g/mol. The number of phenolic OH excluding ortho intramolecular Hbond substituents is 1. The summed E-state index contributed by atoms with van der Waals surface area (Å²) in [5.74, 6) is 0.245. The van der Waals surface area contributed by atoms with Crippen LogP contribution >= 0.6 is 28.3 Å². The van der Waals surface area contributed by atoms with Gasteiger partial charge in [0.25, 0.3) is 0 Å². The summed E-state index contributed by atoms with van der Waals surface area (Å²) in [7, 11) is 0. The Morgan fingerprint density at radius 1 is 1.33 bits per heavy atom. The number of benzene rings is 1. The van der Waals surface area contributed by atoms with Gasteiger partial charge in [0.2, 0.25) is 0 Å². The lowest BCUT2D eigenvalue weighted by Gasteiger charge is -2.28. The van der Waals surface area contributed by atoms with Gasteiger partial charge in [-0.05, 0) is 27.4 Å². The highest BCUT2D eigenvalue weighted by molar-refractivity contribution is 9.10. The number of hydrogen-bond acceptors (Lipinski definition) is 2. The maximum atomic E-state index is 9.80.